The van der Waals surface area contributed by atoms with Crippen molar-refractivity contribution in [2.24, 2.45) is 0 Å². The van der Waals surface area contributed by atoms with Crippen molar-refractivity contribution >= 4 is 0 Å². The summed E-state index contributed by atoms with van der Waals surface area (Å²) in [6.45, 7) is 9.03. The zero-order valence-corrected chi connectivity index (χ0v) is 13.7. The summed E-state index contributed by atoms with van der Waals surface area (Å²) in [4.78, 5) is 2.39. The Morgan fingerprint density at radius 1 is 1.05 bits per heavy atom. The van der Waals surface area contributed by atoms with E-state index in [0.717, 1.165) is 38.9 Å². The largest absolute Gasteiger partial charge is 0.389 e. The Hall–Kier alpha value is -0.290. The van der Waals surface area contributed by atoms with E-state index < -0.39 is 12.6 Å². The Kier molecular flexibility index (Phi) is 7.48. The van der Waals surface area contributed by atoms with Crippen LogP contribution in [0.4, 0.5) is 13.2 Å². The standard InChI is InChI=1S/C16H31F3N2/c1-4-11-20-14(9-10-16(17,18)19)15(2,3)21-12-7-5-6-8-13-21/h14,20H,4-13H2,1-3H3. The molecule has 0 aromatic heterocycles. The number of rotatable bonds is 7. The van der Waals surface area contributed by atoms with Crippen molar-refractivity contribution in [3.05, 3.63) is 0 Å². The third kappa shape index (κ3) is 6.55. The molecule has 0 spiro atoms. The van der Waals surface area contributed by atoms with E-state index >= 15 is 0 Å². The average Bonchev–Trinajstić information content (AvgIpc) is 2.66. The Labute approximate surface area is 127 Å². The summed E-state index contributed by atoms with van der Waals surface area (Å²) >= 11 is 0. The molecule has 0 saturated carbocycles. The van der Waals surface area contributed by atoms with Gasteiger partial charge in [-0.3, -0.25) is 4.90 Å². The van der Waals surface area contributed by atoms with Crippen LogP contribution in [0.2, 0.25) is 0 Å². The lowest BCUT2D eigenvalue weighted by molar-refractivity contribution is -0.138. The van der Waals surface area contributed by atoms with Gasteiger partial charge in [-0.05, 0) is 59.2 Å². The first-order chi connectivity index (χ1) is 9.77. The van der Waals surface area contributed by atoms with Gasteiger partial charge in [0.2, 0.25) is 0 Å². The van der Waals surface area contributed by atoms with Crippen LogP contribution in [0, 0.1) is 0 Å². The first kappa shape index (κ1) is 18.8. The third-order valence-corrected chi connectivity index (χ3v) is 4.63. The second-order valence-corrected chi connectivity index (χ2v) is 6.72. The number of halogens is 3. The molecule has 1 atom stereocenters. The molecule has 2 nitrogen and oxygen atoms in total. The summed E-state index contributed by atoms with van der Waals surface area (Å²) in [5.74, 6) is 0. The Morgan fingerprint density at radius 2 is 1.62 bits per heavy atom. The maximum absolute atomic E-state index is 12.6. The predicted octanol–water partition coefficient (Wildman–Crippen LogP) is 4.35. The summed E-state index contributed by atoms with van der Waals surface area (Å²) in [6, 6.07) is -0.114. The zero-order valence-electron chi connectivity index (χ0n) is 13.7. The molecule has 126 valence electrons. The first-order valence-electron chi connectivity index (χ1n) is 8.32. The van der Waals surface area contributed by atoms with E-state index in [-0.39, 0.29) is 18.0 Å². The lowest BCUT2D eigenvalue weighted by Gasteiger charge is -2.44. The molecule has 0 aromatic rings. The van der Waals surface area contributed by atoms with Gasteiger partial charge in [0.25, 0.3) is 0 Å². The van der Waals surface area contributed by atoms with Crippen molar-refractivity contribution < 1.29 is 13.2 Å². The highest BCUT2D eigenvalue weighted by Crippen LogP contribution is 2.29. The van der Waals surface area contributed by atoms with Crippen molar-refractivity contribution in [3.63, 3.8) is 0 Å². The van der Waals surface area contributed by atoms with Crippen LogP contribution in [-0.2, 0) is 0 Å². The second-order valence-electron chi connectivity index (χ2n) is 6.72. The van der Waals surface area contributed by atoms with Gasteiger partial charge in [0.05, 0.1) is 0 Å². The van der Waals surface area contributed by atoms with Crippen molar-refractivity contribution in [2.45, 2.75) is 83.5 Å². The lowest BCUT2D eigenvalue weighted by atomic mass is 9.88. The molecule has 1 rings (SSSR count). The van der Waals surface area contributed by atoms with Crippen LogP contribution in [0.25, 0.3) is 0 Å². The minimum atomic E-state index is -4.07. The van der Waals surface area contributed by atoms with E-state index in [2.05, 4.69) is 24.1 Å². The molecule has 5 heteroatoms. The number of alkyl halides is 3. The van der Waals surface area contributed by atoms with Crippen LogP contribution in [-0.4, -0.2) is 42.3 Å². The van der Waals surface area contributed by atoms with Gasteiger partial charge in [0.15, 0.2) is 0 Å². The molecule has 0 aromatic carbocycles. The van der Waals surface area contributed by atoms with E-state index in [1.807, 2.05) is 6.92 Å². The Balaban J connectivity index is 2.72. The molecule has 0 bridgehead atoms. The molecule has 0 radical (unpaired) electrons. The summed E-state index contributed by atoms with van der Waals surface area (Å²) in [5, 5.41) is 3.36. The van der Waals surface area contributed by atoms with Gasteiger partial charge in [-0.1, -0.05) is 19.8 Å². The predicted molar refractivity (Wildman–Crippen MR) is 81.5 cm³/mol. The van der Waals surface area contributed by atoms with Gasteiger partial charge in [0.1, 0.15) is 0 Å². The number of likely N-dealkylation sites (tertiary alicyclic amines) is 1. The molecule has 1 N–H and O–H groups in total. The zero-order chi connectivity index (χ0) is 15.9. The topological polar surface area (TPSA) is 15.3 Å². The SMILES string of the molecule is CCCNC(CCC(F)(F)F)C(C)(C)N1CCCCCC1. The van der Waals surface area contributed by atoms with Crippen molar-refractivity contribution in [1.82, 2.24) is 10.2 Å². The maximum atomic E-state index is 12.6. The quantitative estimate of drug-likeness (QED) is 0.752. The molecule has 21 heavy (non-hydrogen) atoms. The van der Waals surface area contributed by atoms with Crippen LogP contribution in [0.1, 0.15) is 65.7 Å². The van der Waals surface area contributed by atoms with Gasteiger partial charge in [-0.15, -0.1) is 0 Å². The number of hydrogen-bond acceptors (Lipinski definition) is 2. The highest BCUT2D eigenvalue weighted by atomic mass is 19.4. The van der Waals surface area contributed by atoms with Crippen molar-refractivity contribution in [2.75, 3.05) is 19.6 Å². The summed E-state index contributed by atoms with van der Waals surface area (Å²) in [6.07, 6.45) is 1.12. The van der Waals surface area contributed by atoms with E-state index in [1.54, 1.807) is 0 Å². The molecule has 0 amide bonds. The number of nitrogens with one attached hydrogen (secondary N) is 1. The lowest BCUT2D eigenvalue weighted by Crippen LogP contribution is -2.58. The van der Waals surface area contributed by atoms with Crippen LogP contribution in [0.3, 0.4) is 0 Å². The fraction of sp³-hybridized carbons (Fsp3) is 1.00. The fourth-order valence-corrected chi connectivity index (χ4v) is 3.20. The Bertz CT molecular complexity index is 282. The summed E-state index contributed by atoms with van der Waals surface area (Å²) in [7, 11) is 0. The second kappa shape index (κ2) is 8.37. The molecule has 1 fully saturated rings. The van der Waals surface area contributed by atoms with E-state index in [4.69, 9.17) is 0 Å². The Morgan fingerprint density at radius 3 is 2.10 bits per heavy atom. The highest BCUT2D eigenvalue weighted by molar-refractivity contribution is 4.94. The van der Waals surface area contributed by atoms with E-state index in [9.17, 15) is 13.2 Å². The molecule has 1 saturated heterocycles. The smallest absolute Gasteiger partial charge is 0.312 e. The van der Waals surface area contributed by atoms with Gasteiger partial charge < -0.3 is 5.32 Å². The van der Waals surface area contributed by atoms with Crippen molar-refractivity contribution in [1.29, 1.82) is 0 Å². The monoisotopic (exact) mass is 308 g/mol. The van der Waals surface area contributed by atoms with Crippen LogP contribution < -0.4 is 5.32 Å². The minimum Gasteiger partial charge on any atom is -0.312 e. The summed E-state index contributed by atoms with van der Waals surface area (Å²) in [5.41, 5.74) is -0.231. The number of hydrogen-bond donors (Lipinski definition) is 1. The molecule has 1 aliphatic rings. The minimum absolute atomic E-state index is 0.114. The van der Waals surface area contributed by atoms with E-state index in [1.165, 1.54) is 12.8 Å². The highest BCUT2D eigenvalue weighted by Gasteiger charge is 2.37. The van der Waals surface area contributed by atoms with Crippen LogP contribution in [0.5, 0.6) is 0 Å². The van der Waals surface area contributed by atoms with Gasteiger partial charge in [0, 0.05) is 18.0 Å². The van der Waals surface area contributed by atoms with E-state index in [0.29, 0.717) is 0 Å². The van der Waals surface area contributed by atoms with Crippen LogP contribution in [0.15, 0.2) is 0 Å². The molecule has 1 aliphatic heterocycles. The summed E-state index contributed by atoms with van der Waals surface area (Å²) < 4.78 is 37.8. The third-order valence-electron chi connectivity index (χ3n) is 4.63. The maximum Gasteiger partial charge on any atom is 0.389 e. The van der Waals surface area contributed by atoms with Gasteiger partial charge in [-0.25, -0.2) is 0 Å². The van der Waals surface area contributed by atoms with Gasteiger partial charge >= 0.3 is 6.18 Å². The average molecular weight is 308 g/mol. The molecule has 0 aliphatic carbocycles. The normalized spacial score (nSPS) is 20.3. The fourth-order valence-electron chi connectivity index (χ4n) is 3.20. The molecule has 1 unspecified atom stereocenters. The first-order valence-corrected chi connectivity index (χ1v) is 8.32. The molecular weight excluding hydrogens is 277 g/mol. The van der Waals surface area contributed by atoms with Crippen LogP contribution >= 0.6 is 0 Å². The van der Waals surface area contributed by atoms with Gasteiger partial charge in [-0.2, -0.15) is 13.2 Å². The molecular formula is C16H31F3N2. The van der Waals surface area contributed by atoms with Crippen molar-refractivity contribution in [3.8, 4) is 0 Å². The number of nitrogens with zero attached hydrogens (tertiary/aromatic N) is 1. The molecule has 1 heterocycles.